The molecule has 1 saturated heterocycles. The van der Waals surface area contributed by atoms with Crippen LogP contribution in [0.1, 0.15) is 44.1 Å². The summed E-state index contributed by atoms with van der Waals surface area (Å²) in [5, 5.41) is 33.9. The highest BCUT2D eigenvalue weighted by molar-refractivity contribution is 5.80. The van der Waals surface area contributed by atoms with Crippen molar-refractivity contribution < 1.29 is 4.79 Å². The molecular weight excluding hydrogens is 354 g/mol. The zero-order chi connectivity index (χ0) is 19.9. The van der Waals surface area contributed by atoms with Crippen molar-refractivity contribution in [2.24, 2.45) is 0 Å². The SMILES string of the molecule is N#Cc1ccc(NC2CCC(NCC(=O)N3[C@H](C#N)CC[C@@H]3C#N)CC2)nc1. The fraction of sp³-hybridized carbons (Fsp3) is 0.550. The minimum Gasteiger partial charge on any atom is -0.367 e. The summed E-state index contributed by atoms with van der Waals surface area (Å²) < 4.78 is 0. The topological polar surface area (TPSA) is 129 Å². The number of nitrogens with zero attached hydrogens (tertiary/aromatic N) is 5. The van der Waals surface area contributed by atoms with Gasteiger partial charge in [0.15, 0.2) is 0 Å². The average Bonchev–Trinajstić information content (AvgIpc) is 3.17. The number of nitrogens with one attached hydrogen (secondary N) is 2. The van der Waals surface area contributed by atoms with Crippen LogP contribution in [0.2, 0.25) is 0 Å². The van der Waals surface area contributed by atoms with Crippen molar-refractivity contribution >= 4 is 11.7 Å². The number of carbonyl (C=O) groups is 1. The van der Waals surface area contributed by atoms with Crippen LogP contribution in [-0.4, -0.2) is 46.5 Å². The van der Waals surface area contributed by atoms with Crippen LogP contribution < -0.4 is 10.6 Å². The third-order valence-corrected chi connectivity index (χ3v) is 5.48. The Morgan fingerprint density at radius 2 is 1.68 bits per heavy atom. The van der Waals surface area contributed by atoms with Gasteiger partial charge in [0, 0.05) is 18.3 Å². The Morgan fingerprint density at radius 1 is 1.04 bits per heavy atom. The maximum atomic E-state index is 12.5. The maximum Gasteiger partial charge on any atom is 0.238 e. The molecule has 1 aromatic rings. The first kappa shape index (κ1) is 19.6. The van der Waals surface area contributed by atoms with E-state index in [1.165, 1.54) is 4.90 Å². The number of pyridine rings is 1. The number of rotatable bonds is 5. The highest BCUT2D eigenvalue weighted by Gasteiger charge is 2.37. The number of hydrogen-bond donors (Lipinski definition) is 2. The molecular formula is C20H23N7O. The van der Waals surface area contributed by atoms with E-state index in [2.05, 4.69) is 33.8 Å². The van der Waals surface area contributed by atoms with Gasteiger partial charge in [0.25, 0.3) is 0 Å². The molecule has 0 aromatic carbocycles. The van der Waals surface area contributed by atoms with Crippen LogP contribution in [0, 0.1) is 34.0 Å². The van der Waals surface area contributed by atoms with E-state index in [4.69, 9.17) is 5.26 Å². The molecule has 28 heavy (non-hydrogen) atoms. The lowest BCUT2D eigenvalue weighted by molar-refractivity contribution is -0.131. The van der Waals surface area contributed by atoms with Gasteiger partial charge in [-0.25, -0.2) is 4.98 Å². The van der Waals surface area contributed by atoms with E-state index in [1.54, 1.807) is 12.3 Å². The number of carbonyl (C=O) groups excluding carboxylic acids is 1. The predicted octanol–water partition coefficient (Wildman–Crippen LogP) is 1.67. The Balaban J connectivity index is 1.43. The molecule has 3 rings (SSSR count). The van der Waals surface area contributed by atoms with E-state index in [1.807, 2.05) is 6.07 Å². The zero-order valence-electron chi connectivity index (χ0n) is 15.6. The first-order valence-electron chi connectivity index (χ1n) is 9.61. The lowest BCUT2D eigenvalue weighted by Crippen LogP contribution is -2.47. The van der Waals surface area contributed by atoms with E-state index in [9.17, 15) is 15.3 Å². The summed E-state index contributed by atoms with van der Waals surface area (Å²) in [7, 11) is 0. The molecule has 0 unspecified atom stereocenters. The van der Waals surface area contributed by atoms with E-state index in [-0.39, 0.29) is 18.5 Å². The third-order valence-electron chi connectivity index (χ3n) is 5.48. The van der Waals surface area contributed by atoms with Crippen LogP contribution in [0.5, 0.6) is 0 Å². The van der Waals surface area contributed by atoms with E-state index >= 15 is 0 Å². The predicted molar refractivity (Wildman–Crippen MR) is 102 cm³/mol. The minimum absolute atomic E-state index is 0.163. The fourth-order valence-corrected chi connectivity index (χ4v) is 3.93. The summed E-state index contributed by atoms with van der Waals surface area (Å²) in [6, 6.07) is 9.46. The largest absolute Gasteiger partial charge is 0.367 e. The second-order valence-electron chi connectivity index (χ2n) is 7.29. The number of nitriles is 3. The van der Waals surface area contributed by atoms with Gasteiger partial charge in [0.1, 0.15) is 24.0 Å². The summed E-state index contributed by atoms with van der Waals surface area (Å²) in [6.07, 6.45) is 6.48. The fourth-order valence-electron chi connectivity index (χ4n) is 3.93. The lowest BCUT2D eigenvalue weighted by Gasteiger charge is -2.31. The Labute approximate surface area is 164 Å². The molecule has 1 aliphatic heterocycles. The maximum absolute atomic E-state index is 12.5. The molecule has 8 nitrogen and oxygen atoms in total. The molecule has 0 spiro atoms. The van der Waals surface area contributed by atoms with Crippen molar-refractivity contribution in [3.8, 4) is 18.2 Å². The Kier molecular flexibility index (Phi) is 6.42. The molecule has 0 bridgehead atoms. The smallest absolute Gasteiger partial charge is 0.238 e. The van der Waals surface area contributed by atoms with Gasteiger partial charge in [-0.05, 0) is 50.7 Å². The summed E-state index contributed by atoms with van der Waals surface area (Å²) in [4.78, 5) is 18.2. The van der Waals surface area contributed by atoms with Crippen LogP contribution in [-0.2, 0) is 4.79 Å². The van der Waals surface area contributed by atoms with Crippen LogP contribution in [0.15, 0.2) is 18.3 Å². The van der Waals surface area contributed by atoms with Gasteiger partial charge in [-0.15, -0.1) is 0 Å². The molecule has 2 heterocycles. The molecule has 1 aliphatic carbocycles. The zero-order valence-corrected chi connectivity index (χ0v) is 15.6. The monoisotopic (exact) mass is 377 g/mol. The number of amides is 1. The van der Waals surface area contributed by atoms with E-state index in [0.717, 1.165) is 31.5 Å². The summed E-state index contributed by atoms with van der Waals surface area (Å²) in [6.45, 7) is 0.163. The quantitative estimate of drug-likeness (QED) is 0.798. The Morgan fingerprint density at radius 3 is 2.21 bits per heavy atom. The molecule has 8 heteroatoms. The average molecular weight is 377 g/mol. The molecule has 1 amide bonds. The minimum atomic E-state index is -0.487. The molecule has 2 atom stereocenters. The van der Waals surface area contributed by atoms with Crippen molar-refractivity contribution in [3.63, 3.8) is 0 Å². The van der Waals surface area contributed by atoms with Gasteiger partial charge >= 0.3 is 0 Å². The lowest BCUT2D eigenvalue weighted by atomic mass is 9.91. The van der Waals surface area contributed by atoms with Gasteiger partial charge in [-0.2, -0.15) is 15.8 Å². The van der Waals surface area contributed by atoms with Gasteiger partial charge < -0.3 is 15.5 Å². The normalized spacial score (nSPS) is 26.7. The molecule has 144 valence electrons. The molecule has 2 aliphatic rings. The van der Waals surface area contributed by atoms with E-state index < -0.39 is 12.1 Å². The van der Waals surface area contributed by atoms with E-state index in [0.29, 0.717) is 24.4 Å². The van der Waals surface area contributed by atoms with Crippen molar-refractivity contribution in [1.29, 1.82) is 15.8 Å². The van der Waals surface area contributed by atoms with Gasteiger partial charge in [-0.3, -0.25) is 4.79 Å². The van der Waals surface area contributed by atoms with Gasteiger partial charge in [0.05, 0.1) is 24.2 Å². The van der Waals surface area contributed by atoms with Crippen LogP contribution in [0.4, 0.5) is 5.82 Å². The summed E-state index contributed by atoms with van der Waals surface area (Å²) in [5.74, 6) is 0.599. The highest BCUT2D eigenvalue weighted by Crippen LogP contribution is 2.24. The molecule has 2 N–H and O–H groups in total. The van der Waals surface area contributed by atoms with Crippen LogP contribution in [0.3, 0.4) is 0 Å². The summed E-state index contributed by atoms with van der Waals surface area (Å²) >= 11 is 0. The summed E-state index contributed by atoms with van der Waals surface area (Å²) in [5.41, 5.74) is 0.540. The van der Waals surface area contributed by atoms with Crippen molar-refractivity contribution in [3.05, 3.63) is 23.9 Å². The van der Waals surface area contributed by atoms with Crippen molar-refractivity contribution in [1.82, 2.24) is 15.2 Å². The Bertz CT molecular complexity index is 787. The van der Waals surface area contributed by atoms with Gasteiger partial charge in [-0.1, -0.05) is 0 Å². The second-order valence-corrected chi connectivity index (χ2v) is 7.29. The second kappa shape index (κ2) is 9.17. The Hall–Kier alpha value is -3.15. The molecule has 2 fully saturated rings. The first-order chi connectivity index (χ1) is 13.6. The van der Waals surface area contributed by atoms with Crippen LogP contribution >= 0.6 is 0 Å². The van der Waals surface area contributed by atoms with Crippen molar-refractivity contribution in [2.75, 3.05) is 11.9 Å². The molecule has 1 saturated carbocycles. The first-order valence-corrected chi connectivity index (χ1v) is 9.61. The third kappa shape index (κ3) is 4.57. The van der Waals surface area contributed by atoms with Crippen molar-refractivity contribution in [2.45, 2.75) is 62.7 Å². The standard InChI is InChI=1S/C20H23N7O/c21-9-14-1-8-19(25-12-14)26-16-4-2-15(3-5-16)24-13-20(28)27-17(10-22)6-7-18(27)11-23/h1,8,12,15-18,24H,2-7,13H2,(H,25,26)/t15?,16?,17-,18+. The highest BCUT2D eigenvalue weighted by atomic mass is 16.2. The molecule has 1 aromatic heterocycles. The molecule has 0 radical (unpaired) electrons. The number of likely N-dealkylation sites (tertiary alicyclic amines) is 1. The number of hydrogen-bond acceptors (Lipinski definition) is 7. The van der Waals surface area contributed by atoms with Gasteiger partial charge in [0.2, 0.25) is 5.91 Å². The number of aromatic nitrogens is 1. The number of anilines is 1. The van der Waals surface area contributed by atoms with Crippen LogP contribution in [0.25, 0.3) is 0 Å².